The lowest BCUT2D eigenvalue weighted by Crippen LogP contribution is -2.44. The average Bonchev–Trinajstić information content (AvgIpc) is 3.34. The number of alkyl halides is 3. The third-order valence-electron chi connectivity index (χ3n) is 4.54. The van der Waals surface area contributed by atoms with Crippen LogP contribution in [0.25, 0.3) is 0 Å². The molecule has 0 spiro atoms. The number of pyridine rings is 1. The molecule has 1 fully saturated rings. The summed E-state index contributed by atoms with van der Waals surface area (Å²) in [7, 11) is 1.60. The molecule has 1 aliphatic rings. The molecule has 3 heterocycles. The third kappa shape index (κ3) is 6.38. The summed E-state index contributed by atoms with van der Waals surface area (Å²) >= 11 is 6.03. The minimum absolute atomic E-state index is 0. The van der Waals surface area contributed by atoms with Crippen molar-refractivity contribution in [2.45, 2.75) is 25.2 Å². The topological polar surface area (TPSA) is 109 Å². The predicted octanol–water partition coefficient (Wildman–Crippen LogP) is 3.01. The average molecular weight is 573 g/mol. The number of nitrogens with one attached hydrogen (secondary N) is 2. The van der Waals surface area contributed by atoms with E-state index in [0.29, 0.717) is 37.0 Å². The molecule has 0 aliphatic carbocycles. The number of halogens is 5. The smallest absolute Gasteiger partial charge is 0.417 e. The van der Waals surface area contributed by atoms with Crippen LogP contribution in [0.4, 0.5) is 19.0 Å². The number of amides is 1. The zero-order valence-corrected chi connectivity index (χ0v) is 19.5. The number of primary amides is 1. The Morgan fingerprint density at radius 1 is 1.45 bits per heavy atom. The standard InChI is InChI=1S/C18H20ClF3N6O2.HI/c1-24-17(26-8-12-2-3-14(30-12)15(23)29)27-11-4-5-28(9-11)16-13(19)6-10(7-25-16)18(20,21)22;/h2-3,6-7,11H,4-5,8-9H2,1H3,(H2,23,29)(H2,24,26,27);1H. The first-order valence-corrected chi connectivity index (χ1v) is 9.38. The third-order valence-corrected chi connectivity index (χ3v) is 4.81. The first kappa shape index (κ1) is 25.0. The van der Waals surface area contributed by atoms with E-state index in [2.05, 4.69) is 20.6 Å². The molecule has 3 rings (SSSR count). The summed E-state index contributed by atoms with van der Waals surface area (Å²) < 4.78 is 43.7. The van der Waals surface area contributed by atoms with Crippen molar-refractivity contribution >= 4 is 53.3 Å². The Balaban J connectivity index is 0.00000341. The van der Waals surface area contributed by atoms with Crippen LogP contribution in [0.3, 0.4) is 0 Å². The number of carbonyl (C=O) groups is 1. The number of hydrogen-bond donors (Lipinski definition) is 3. The fourth-order valence-corrected chi connectivity index (χ4v) is 3.34. The monoisotopic (exact) mass is 572 g/mol. The van der Waals surface area contributed by atoms with Crippen molar-refractivity contribution < 1.29 is 22.4 Å². The second kappa shape index (κ2) is 10.4. The van der Waals surface area contributed by atoms with Gasteiger partial charge in [0, 0.05) is 32.4 Å². The summed E-state index contributed by atoms with van der Waals surface area (Å²) in [5.74, 6) is 0.754. The number of aromatic nitrogens is 1. The minimum Gasteiger partial charge on any atom is -0.454 e. The van der Waals surface area contributed by atoms with E-state index in [-0.39, 0.29) is 47.3 Å². The summed E-state index contributed by atoms with van der Waals surface area (Å²) in [4.78, 5) is 20.9. The molecule has 4 N–H and O–H groups in total. The Hall–Kier alpha value is -2.22. The van der Waals surface area contributed by atoms with Gasteiger partial charge >= 0.3 is 6.18 Å². The summed E-state index contributed by atoms with van der Waals surface area (Å²) in [6.07, 6.45) is -2.99. The number of carbonyl (C=O) groups excluding carboxylic acids is 1. The number of nitrogens with two attached hydrogens (primary N) is 1. The largest absolute Gasteiger partial charge is 0.454 e. The Labute approximate surface area is 198 Å². The fraction of sp³-hybridized carbons (Fsp3) is 0.389. The van der Waals surface area contributed by atoms with Gasteiger partial charge in [-0.2, -0.15) is 13.2 Å². The Bertz CT molecular complexity index is 953. The van der Waals surface area contributed by atoms with E-state index in [0.717, 1.165) is 12.3 Å². The highest BCUT2D eigenvalue weighted by atomic mass is 127. The van der Waals surface area contributed by atoms with Gasteiger partial charge in [0.15, 0.2) is 11.7 Å². The molecule has 2 aromatic heterocycles. The van der Waals surface area contributed by atoms with Crippen LogP contribution in [0, 0.1) is 0 Å². The van der Waals surface area contributed by atoms with Crippen molar-refractivity contribution in [1.29, 1.82) is 0 Å². The zero-order valence-electron chi connectivity index (χ0n) is 16.4. The zero-order chi connectivity index (χ0) is 21.9. The van der Waals surface area contributed by atoms with Crippen molar-refractivity contribution in [3.8, 4) is 0 Å². The molecule has 1 unspecified atom stereocenters. The van der Waals surface area contributed by atoms with E-state index in [1.807, 2.05) is 4.90 Å². The normalized spacial score (nSPS) is 16.7. The maximum atomic E-state index is 12.8. The molecular weight excluding hydrogens is 552 g/mol. The van der Waals surface area contributed by atoms with Gasteiger partial charge in [0.05, 0.1) is 17.1 Å². The number of hydrogen-bond acceptors (Lipinski definition) is 5. The summed E-state index contributed by atoms with van der Waals surface area (Å²) in [6, 6.07) is 3.99. The fourth-order valence-electron chi connectivity index (χ4n) is 3.05. The second-order valence-corrected chi connectivity index (χ2v) is 7.07. The highest BCUT2D eigenvalue weighted by Gasteiger charge is 2.33. The van der Waals surface area contributed by atoms with Crippen LogP contribution in [-0.2, 0) is 12.7 Å². The molecule has 8 nitrogen and oxygen atoms in total. The van der Waals surface area contributed by atoms with Crippen LogP contribution >= 0.6 is 35.6 Å². The molecule has 0 aromatic carbocycles. The van der Waals surface area contributed by atoms with E-state index < -0.39 is 17.6 Å². The highest BCUT2D eigenvalue weighted by molar-refractivity contribution is 14.0. The number of rotatable bonds is 5. The van der Waals surface area contributed by atoms with Gasteiger partial charge in [-0.3, -0.25) is 9.79 Å². The SMILES string of the molecule is CN=C(NCc1ccc(C(N)=O)o1)NC1CCN(c2ncc(C(F)(F)F)cc2Cl)C1.I. The maximum absolute atomic E-state index is 12.8. The van der Waals surface area contributed by atoms with Gasteiger partial charge in [0.25, 0.3) is 5.91 Å². The quantitative estimate of drug-likeness (QED) is 0.289. The number of aliphatic imine (C=N–C) groups is 1. The number of furan rings is 1. The van der Waals surface area contributed by atoms with E-state index >= 15 is 0 Å². The van der Waals surface area contributed by atoms with Crippen molar-refractivity contribution in [1.82, 2.24) is 15.6 Å². The molecule has 31 heavy (non-hydrogen) atoms. The lowest BCUT2D eigenvalue weighted by Gasteiger charge is -2.21. The summed E-state index contributed by atoms with van der Waals surface area (Å²) in [5.41, 5.74) is 4.27. The van der Waals surface area contributed by atoms with Crippen LogP contribution in [-0.4, -0.2) is 43.0 Å². The van der Waals surface area contributed by atoms with Gasteiger partial charge in [0.2, 0.25) is 0 Å². The van der Waals surface area contributed by atoms with E-state index in [1.165, 1.54) is 6.07 Å². The highest BCUT2D eigenvalue weighted by Crippen LogP contribution is 2.34. The van der Waals surface area contributed by atoms with E-state index in [9.17, 15) is 18.0 Å². The van der Waals surface area contributed by atoms with Crippen LogP contribution in [0.1, 0.15) is 28.3 Å². The number of anilines is 1. The van der Waals surface area contributed by atoms with Crippen molar-refractivity contribution in [2.75, 3.05) is 25.0 Å². The van der Waals surface area contributed by atoms with Crippen molar-refractivity contribution in [3.63, 3.8) is 0 Å². The van der Waals surface area contributed by atoms with Gasteiger partial charge in [-0.05, 0) is 24.6 Å². The van der Waals surface area contributed by atoms with Gasteiger partial charge in [-0.1, -0.05) is 11.6 Å². The van der Waals surface area contributed by atoms with Gasteiger partial charge in [-0.15, -0.1) is 24.0 Å². The number of nitrogens with zero attached hydrogens (tertiary/aromatic N) is 3. The maximum Gasteiger partial charge on any atom is 0.417 e. The first-order chi connectivity index (χ1) is 14.2. The Morgan fingerprint density at radius 2 is 2.19 bits per heavy atom. The number of guanidine groups is 1. The van der Waals surface area contributed by atoms with Crippen molar-refractivity contribution in [3.05, 3.63) is 46.5 Å². The summed E-state index contributed by atoms with van der Waals surface area (Å²) in [6.45, 7) is 1.36. The molecule has 1 amide bonds. The van der Waals surface area contributed by atoms with Gasteiger partial charge in [0.1, 0.15) is 11.6 Å². The predicted molar refractivity (Wildman–Crippen MR) is 121 cm³/mol. The molecular formula is C18H21ClF3IN6O2. The van der Waals surface area contributed by atoms with E-state index in [1.54, 1.807) is 13.1 Å². The molecule has 1 atom stereocenters. The Kier molecular flexibility index (Phi) is 8.40. The van der Waals surface area contributed by atoms with E-state index in [4.69, 9.17) is 21.8 Å². The van der Waals surface area contributed by atoms with Crippen molar-refractivity contribution in [2.24, 2.45) is 10.7 Å². The molecule has 0 bridgehead atoms. The van der Waals surface area contributed by atoms with Gasteiger partial charge < -0.3 is 25.7 Å². The molecule has 1 saturated heterocycles. The molecule has 2 aromatic rings. The molecule has 0 radical (unpaired) electrons. The second-order valence-electron chi connectivity index (χ2n) is 6.66. The lowest BCUT2D eigenvalue weighted by molar-refractivity contribution is -0.137. The molecule has 170 valence electrons. The Morgan fingerprint density at radius 3 is 2.77 bits per heavy atom. The van der Waals surface area contributed by atoms with Crippen LogP contribution in [0.5, 0.6) is 0 Å². The van der Waals surface area contributed by atoms with Crippen LogP contribution in [0.15, 0.2) is 33.8 Å². The molecule has 0 saturated carbocycles. The first-order valence-electron chi connectivity index (χ1n) is 9.00. The van der Waals surface area contributed by atoms with Crippen LogP contribution in [0.2, 0.25) is 5.02 Å². The van der Waals surface area contributed by atoms with Crippen LogP contribution < -0.4 is 21.3 Å². The lowest BCUT2D eigenvalue weighted by atomic mass is 10.2. The minimum atomic E-state index is -4.49. The molecule has 1 aliphatic heterocycles. The van der Waals surface area contributed by atoms with Gasteiger partial charge in [-0.25, -0.2) is 4.98 Å². The molecule has 13 heteroatoms. The summed E-state index contributed by atoms with van der Waals surface area (Å²) in [5, 5.41) is 6.25.